The number of rotatable bonds is 6. The summed E-state index contributed by atoms with van der Waals surface area (Å²) in [5.74, 6) is 2.18. The van der Waals surface area contributed by atoms with Crippen LogP contribution in [0, 0.1) is 11.7 Å². The fourth-order valence-electron chi connectivity index (χ4n) is 4.17. The molecule has 0 saturated heterocycles. The lowest BCUT2D eigenvalue weighted by atomic mass is 9.94. The van der Waals surface area contributed by atoms with E-state index in [9.17, 15) is 9.18 Å². The third-order valence-corrected chi connectivity index (χ3v) is 5.83. The predicted molar refractivity (Wildman–Crippen MR) is 109 cm³/mol. The van der Waals surface area contributed by atoms with Crippen molar-refractivity contribution >= 4 is 5.91 Å². The number of fused-ring (bicyclic) bond motifs is 1. The highest BCUT2D eigenvalue weighted by Crippen LogP contribution is 2.20. The summed E-state index contributed by atoms with van der Waals surface area (Å²) in [6, 6.07) is 5.57. The van der Waals surface area contributed by atoms with Crippen LogP contribution in [0.1, 0.15) is 41.3 Å². The summed E-state index contributed by atoms with van der Waals surface area (Å²) in [4.78, 5) is 14.7. The second-order valence-corrected chi connectivity index (χ2v) is 7.90. The average Bonchev–Trinajstić information content (AvgIpc) is 3.01. The van der Waals surface area contributed by atoms with Crippen LogP contribution in [0.4, 0.5) is 4.39 Å². The van der Waals surface area contributed by atoms with Crippen molar-refractivity contribution in [2.75, 3.05) is 26.2 Å². The second-order valence-electron chi connectivity index (χ2n) is 7.90. The van der Waals surface area contributed by atoms with Crippen molar-refractivity contribution in [1.29, 1.82) is 0 Å². The number of nitrogens with zero attached hydrogens (tertiary/aromatic N) is 4. The maximum atomic E-state index is 13.0. The van der Waals surface area contributed by atoms with E-state index >= 15 is 0 Å². The van der Waals surface area contributed by atoms with E-state index in [1.54, 1.807) is 0 Å². The zero-order chi connectivity index (χ0) is 20.1. The molecule has 1 amide bonds. The fraction of sp³-hybridized carbons (Fsp3) is 0.500. The maximum Gasteiger partial charge on any atom is 0.251 e. The number of halogens is 1. The fourth-order valence-corrected chi connectivity index (χ4v) is 4.17. The van der Waals surface area contributed by atoms with E-state index in [0.717, 1.165) is 50.2 Å². The second kappa shape index (κ2) is 9.31. The molecule has 7 heteroatoms. The summed E-state index contributed by atoms with van der Waals surface area (Å²) in [5, 5.41) is 11.6. The Balaban J connectivity index is 1.28. The van der Waals surface area contributed by atoms with E-state index < -0.39 is 0 Å². The Bertz CT molecular complexity index is 861. The van der Waals surface area contributed by atoms with Gasteiger partial charge < -0.3 is 14.8 Å². The Kier molecular flexibility index (Phi) is 6.34. The van der Waals surface area contributed by atoms with Crippen LogP contribution >= 0.6 is 0 Å². The van der Waals surface area contributed by atoms with Gasteiger partial charge in [-0.2, -0.15) is 0 Å². The molecule has 1 atom stereocenters. The van der Waals surface area contributed by atoms with Crippen molar-refractivity contribution in [3.05, 3.63) is 59.4 Å². The van der Waals surface area contributed by atoms with E-state index in [1.165, 1.54) is 43.5 Å². The highest BCUT2D eigenvalue weighted by Gasteiger charge is 2.21. The summed E-state index contributed by atoms with van der Waals surface area (Å²) in [5.41, 5.74) is 0.458. The van der Waals surface area contributed by atoms with Crippen molar-refractivity contribution in [1.82, 2.24) is 25.0 Å². The highest BCUT2D eigenvalue weighted by molar-refractivity contribution is 5.94. The molecule has 0 bridgehead atoms. The molecule has 154 valence electrons. The molecule has 1 aliphatic carbocycles. The standard InChI is InChI=1S/C22H28FN5O/c23-19-8-6-18(7-9-19)22(29)24-12-10-20-25-26-21-11-13-27(14-15-28(20)21)16-17-4-2-1-3-5-17/h1-2,6-9,17H,3-5,10-16H2,(H,24,29). The first kappa shape index (κ1) is 19.8. The highest BCUT2D eigenvalue weighted by atomic mass is 19.1. The van der Waals surface area contributed by atoms with E-state index in [1.807, 2.05) is 0 Å². The molecule has 0 saturated carbocycles. The first-order valence-electron chi connectivity index (χ1n) is 10.5. The number of allylic oxidation sites excluding steroid dienone is 2. The minimum atomic E-state index is -0.346. The summed E-state index contributed by atoms with van der Waals surface area (Å²) in [7, 11) is 0. The number of benzene rings is 1. The van der Waals surface area contributed by atoms with Crippen molar-refractivity contribution < 1.29 is 9.18 Å². The van der Waals surface area contributed by atoms with Gasteiger partial charge in [-0.25, -0.2) is 4.39 Å². The lowest BCUT2D eigenvalue weighted by molar-refractivity contribution is 0.0954. The molecule has 0 spiro atoms. The van der Waals surface area contributed by atoms with Crippen molar-refractivity contribution in [3.8, 4) is 0 Å². The van der Waals surface area contributed by atoms with E-state index in [0.29, 0.717) is 18.5 Å². The average molecular weight is 397 g/mol. The lowest BCUT2D eigenvalue weighted by Gasteiger charge is -2.26. The van der Waals surface area contributed by atoms with E-state index in [4.69, 9.17) is 0 Å². The third-order valence-electron chi connectivity index (χ3n) is 5.83. The van der Waals surface area contributed by atoms with Gasteiger partial charge in [0.2, 0.25) is 0 Å². The first-order chi connectivity index (χ1) is 14.2. The topological polar surface area (TPSA) is 63.1 Å². The summed E-state index contributed by atoms with van der Waals surface area (Å²) < 4.78 is 15.2. The summed E-state index contributed by atoms with van der Waals surface area (Å²) in [6.45, 7) is 4.57. The van der Waals surface area contributed by atoms with Gasteiger partial charge in [0.25, 0.3) is 5.91 Å². The molecule has 1 unspecified atom stereocenters. The Morgan fingerprint density at radius 3 is 2.79 bits per heavy atom. The number of amides is 1. The van der Waals surface area contributed by atoms with Crippen molar-refractivity contribution in [3.63, 3.8) is 0 Å². The molecule has 1 aromatic carbocycles. The van der Waals surface area contributed by atoms with Crippen molar-refractivity contribution in [2.24, 2.45) is 5.92 Å². The predicted octanol–water partition coefficient (Wildman–Crippen LogP) is 2.60. The number of hydrogen-bond donors (Lipinski definition) is 1. The van der Waals surface area contributed by atoms with E-state index in [-0.39, 0.29) is 11.7 Å². The zero-order valence-electron chi connectivity index (χ0n) is 16.7. The van der Waals surface area contributed by atoms with Gasteiger partial charge in [0.15, 0.2) is 0 Å². The third kappa shape index (κ3) is 5.09. The molecule has 1 N–H and O–H groups in total. The smallest absolute Gasteiger partial charge is 0.251 e. The molecule has 4 rings (SSSR count). The normalized spacial score (nSPS) is 19.6. The molecule has 29 heavy (non-hydrogen) atoms. The first-order valence-corrected chi connectivity index (χ1v) is 10.5. The number of aromatic nitrogens is 3. The van der Waals surface area contributed by atoms with Crippen LogP contribution in [0.5, 0.6) is 0 Å². The van der Waals surface area contributed by atoms with Gasteiger partial charge in [0, 0.05) is 51.1 Å². The van der Waals surface area contributed by atoms with Crippen LogP contribution in [0.25, 0.3) is 0 Å². The molecule has 1 aromatic heterocycles. The van der Waals surface area contributed by atoms with Gasteiger partial charge in [0.05, 0.1) is 0 Å². The Labute approximate surface area is 170 Å². The Hall–Kier alpha value is -2.54. The molecule has 1 aliphatic heterocycles. The van der Waals surface area contributed by atoms with Crippen LogP contribution in [-0.4, -0.2) is 51.8 Å². The molecule has 0 radical (unpaired) electrons. The van der Waals surface area contributed by atoms with Crippen LogP contribution in [0.15, 0.2) is 36.4 Å². The van der Waals surface area contributed by atoms with E-state index in [2.05, 4.69) is 37.1 Å². The van der Waals surface area contributed by atoms with Gasteiger partial charge in [0.1, 0.15) is 17.5 Å². The molecule has 2 aromatic rings. The van der Waals surface area contributed by atoms with Crippen LogP contribution < -0.4 is 5.32 Å². The SMILES string of the molecule is O=C(NCCc1nnc2n1CCN(CC1CC=CCC1)CC2)c1ccc(F)cc1. The number of carbonyl (C=O) groups excluding carboxylic acids is 1. The summed E-state index contributed by atoms with van der Waals surface area (Å²) in [6.07, 6.45) is 9.85. The van der Waals surface area contributed by atoms with Crippen molar-refractivity contribution in [2.45, 2.75) is 38.6 Å². The number of nitrogens with one attached hydrogen (secondary N) is 1. The minimum Gasteiger partial charge on any atom is -0.352 e. The lowest BCUT2D eigenvalue weighted by Crippen LogP contribution is -2.32. The molecule has 0 fully saturated rings. The van der Waals surface area contributed by atoms with Gasteiger partial charge in [-0.05, 0) is 49.4 Å². The molecule has 2 aliphatic rings. The molecule has 6 nitrogen and oxygen atoms in total. The number of hydrogen-bond acceptors (Lipinski definition) is 4. The number of carbonyl (C=O) groups is 1. The summed E-state index contributed by atoms with van der Waals surface area (Å²) >= 11 is 0. The van der Waals surface area contributed by atoms with Gasteiger partial charge in [-0.3, -0.25) is 4.79 Å². The largest absolute Gasteiger partial charge is 0.352 e. The Morgan fingerprint density at radius 1 is 1.14 bits per heavy atom. The minimum absolute atomic E-state index is 0.201. The molecular weight excluding hydrogens is 369 g/mol. The maximum absolute atomic E-state index is 13.0. The van der Waals surface area contributed by atoms with Crippen LogP contribution in [0.3, 0.4) is 0 Å². The zero-order valence-corrected chi connectivity index (χ0v) is 16.7. The van der Waals surface area contributed by atoms with Crippen LogP contribution in [-0.2, 0) is 19.4 Å². The molecular formula is C22H28FN5O. The quantitative estimate of drug-likeness (QED) is 0.761. The van der Waals surface area contributed by atoms with Gasteiger partial charge in [-0.1, -0.05) is 12.2 Å². The monoisotopic (exact) mass is 397 g/mol. The molecule has 2 heterocycles. The Morgan fingerprint density at radius 2 is 2.00 bits per heavy atom. The van der Waals surface area contributed by atoms with Gasteiger partial charge in [-0.15, -0.1) is 10.2 Å². The van der Waals surface area contributed by atoms with Gasteiger partial charge >= 0.3 is 0 Å². The van der Waals surface area contributed by atoms with Crippen LogP contribution in [0.2, 0.25) is 0 Å².